The summed E-state index contributed by atoms with van der Waals surface area (Å²) >= 11 is 0. The lowest BCUT2D eigenvalue weighted by molar-refractivity contribution is -0.139. The standard InChI is InChI=1S/C19H24F3N3O2/c1-5-25(14-7-9-15(10-8-14)26-6-2)18-23-11-16(19(20,21)22)17(24-18)27-12-13(3)4/h7-11,13H,5-6,12H2,1-4H3. The molecule has 0 aliphatic heterocycles. The Morgan fingerprint density at radius 3 is 2.26 bits per heavy atom. The molecule has 0 amide bonds. The highest BCUT2D eigenvalue weighted by Gasteiger charge is 2.36. The molecule has 2 aromatic rings. The molecule has 0 aliphatic rings. The van der Waals surface area contributed by atoms with Gasteiger partial charge in [-0.15, -0.1) is 0 Å². The number of aromatic nitrogens is 2. The van der Waals surface area contributed by atoms with Crippen LogP contribution in [0.1, 0.15) is 33.3 Å². The Hall–Kier alpha value is -2.51. The summed E-state index contributed by atoms with van der Waals surface area (Å²) in [4.78, 5) is 9.69. The van der Waals surface area contributed by atoms with E-state index >= 15 is 0 Å². The first-order valence-electron chi connectivity index (χ1n) is 8.83. The first kappa shape index (κ1) is 20.8. The normalized spacial score (nSPS) is 11.6. The lowest BCUT2D eigenvalue weighted by Crippen LogP contribution is -2.21. The zero-order valence-electron chi connectivity index (χ0n) is 15.9. The number of anilines is 2. The highest BCUT2D eigenvalue weighted by atomic mass is 19.4. The number of hydrogen-bond donors (Lipinski definition) is 0. The molecule has 0 N–H and O–H groups in total. The van der Waals surface area contributed by atoms with Gasteiger partial charge in [0.05, 0.1) is 13.2 Å². The van der Waals surface area contributed by atoms with E-state index in [0.29, 0.717) is 18.9 Å². The van der Waals surface area contributed by atoms with Crippen molar-refractivity contribution < 1.29 is 22.6 Å². The minimum atomic E-state index is -4.58. The summed E-state index contributed by atoms with van der Waals surface area (Å²) in [5.41, 5.74) is -0.231. The fourth-order valence-corrected chi connectivity index (χ4v) is 2.37. The first-order valence-corrected chi connectivity index (χ1v) is 8.83. The van der Waals surface area contributed by atoms with Gasteiger partial charge in [-0.05, 0) is 44.0 Å². The molecule has 2 rings (SSSR count). The van der Waals surface area contributed by atoms with E-state index in [9.17, 15) is 13.2 Å². The molecule has 1 heterocycles. The molecule has 0 bridgehead atoms. The summed E-state index contributed by atoms with van der Waals surface area (Å²) in [5, 5.41) is 0. The molecule has 148 valence electrons. The van der Waals surface area contributed by atoms with Crippen LogP contribution in [0.3, 0.4) is 0 Å². The highest BCUT2D eigenvalue weighted by molar-refractivity contribution is 5.58. The number of nitrogens with zero attached hydrogens (tertiary/aromatic N) is 3. The Kier molecular flexibility index (Phi) is 6.87. The summed E-state index contributed by atoms with van der Waals surface area (Å²) in [7, 11) is 0. The van der Waals surface area contributed by atoms with Gasteiger partial charge >= 0.3 is 6.18 Å². The van der Waals surface area contributed by atoms with Gasteiger partial charge in [0.1, 0.15) is 11.3 Å². The predicted octanol–water partition coefficient (Wildman–Crippen LogP) is 5.09. The van der Waals surface area contributed by atoms with Crippen LogP contribution in [-0.4, -0.2) is 29.7 Å². The second-order valence-corrected chi connectivity index (χ2v) is 6.26. The predicted molar refractivity (Wildman–Crippen MR) is 97.7 cm³/mol. The molecule has 0 saturated heterocycles. The molecule has 0 unspecified atom stereocenters. The number of ether oxygens (including phenoxy) is 2. The van der Waals surface area contributed by atoms with Crippen LogP contribution in [0.25, 0.3) is 0 Å². The van der Waals surface area contributed by atoms with Crippen LogP contribution in [0.5, 0.6) is 11.6 Å². The fraction of sp³-hybridized carbons (Fsp3) is 0.474. The first-order chi connectivity index (χ1) is 12.8. The van der Waals surface area contributed by atoms with Gasteiger partial charge in [-0.2, -0.15) is 18.2 Å². The Balaban J connectivity index is 2.37. The summed E-state index contributed by atoms with van der Waals surface area (Å²) in [5.74, 6) is 0.475. The Morgan fingerprint density at radius 2 is 1.74 bits per heavy atom. The number of halogens is 3. The molecule has 0 radical (unpaired) electrons. The minimum Gasteiger partial charge on any atom is -0.494 e. The van der Waals surface area contributed by atoms with Crippen LogP contribution in [0, 0.1) is 5.92 Å². The average molecular weight is 383 g/mol. The lowest BCUT2D eigenvalue weighted by Gasteiger charge is -2.23. The second kappa shape index (κ2) is 8.92. The van der Waals surface area contributed by atoms with Gasteiger partial charge in [0.2, 0.25) is 11.8 Å². The van der Waals surface area contributed by atoms with Gasteiger partial charge < -0.3 is 14.4 Å². The number of benzene rings is 1. The number of rotatable bonds is 8. The van der Waals surface area contributed by atoms with Crippen molar-refractivity contribution in [2.75, 3.05) is 24.7 Å². The van der Waals surface area contributed by atoms with Crippen molar-refractivity contribution in [2.45, 2.75) is 33.9 Å². The zero-order valence-corrected chi connectivity index (χ0v) is 15.9. The molecule has 1 aromatic heterocycles. The second-order valence-electron chi connectivity index (χ2n) is 6.26. The third kappa shape index (κ3) is 5.48. The molecule has 1 aromatic carbocycles. The van der Waals surface area contributed by atoms with Crippen LogP contribution < -0.4 is 14.4 Å². The van der Waals surface area contributed by atoms with Gasteiger partial charge in [-0.25, -0.2) is 4.98 Å². The van der Waals surface area contributed by atoms with Gasteiger partial charge in [0.15, 0.2) is 0 Å². The molecular formula is C19H24F3N3O2. The Bertz CT molecular complexity index is 734. The van der Waals surface area contributed by atoms with Gasteiger partial charge in [-0.3, -0.25) is 0 Å². The highest BCUT2D eigenvalue weighted by Crippen LogP contribution is 2.36. The monoisotopic (exact) mass is 383 g/mol. The average Bonchev–Trinajstić information content (AvgIpc) is 2.61. The minimum absolute atomic E-state index is 0.0675. The van der Waals surface area contributed by atoms with Crippen LogP contribution in [-0.2, 0) is 6.18 Å². The topological polar surface area (TPSA) is 47.5 Å². The number of hydrogen-bond acceptors (Lipinski definition) is 5. The quantitative estimate of drug-likeness (QED) is 0.636. The molecule has 5 nitrogen and oxygen atoms in total. The summed E-state index contributed by atoms with van der Waals surface area (Å²) < 4.78 is 50.5. The molecule has 0 spiro atoms. The van der Waals surface area contributed by atoms with E-state index in [0.717, 1.165) is 11.9 Å². The van der Waals surface area contributed by atoms with Crippen LogP contribution in [0.4, 0.5) is 24.8 Å². The lowest BCUT2D eigenvalue weighted by atomic mass is 10.2. The maximum Gasteiger partial charge on any atom is 0.423 e. The largest absolute Gasteiger partial charge is 0.494 e. The van der Waals surface area contributed by atoms with Crippen molar-refractivity contribution in [1.29, 1.82) is 0 Å². The third-order valence-corrected chi connectivity index (χ3v) is 3.62. The maximum absolute atomic E-state index is 13.2. The van der Waals surface area contributed by atoms with E-state index in [4.69, 9.17) is 9.47 Å². The summed E-state index contributed by atoms with van der Waals surface area (Å²) in [6, 6.07) is 7.21. The van der Waals surface area contributed by atoms with Crippen molar-refractivity contribution in [1.82, 2.24) is 9.97 Å². The van der Waals surface area contributed by atoms with Crippen LogP contribution in [0.15, 0.2) is 30.5 Å². The molecular weight excluding hydrogens is 359 g/mol. The van der Waals surface area contributed by atoms with Crippen LogP contribution in [0.2, 0.25) is 0 Å². The van der Waals surface area contributed by atoms with Crippen molar-refractivity contribution in [2.24, 2.45) is 5.92 Å². The van der Waals surface area contributed by atoms with E-state index in [2.05, 4.69) is 9.97 Å². The van der Waals surface area contributed by atoms with E-state index in [-0.39, 0.29) is 18.5 Å². The van der Waals surface area contributed by atoms with E-state index < -0.39 is 17.6 Å². The smallest absolute Gasteiger partial charge is 0.423 e. The van der Waals surface area contributed by atoms with Gasteiger partial charge in [0.25, 0.3) is 0 Å². The van der Waals surface area contributed by atoms with Crippen molar-refractivity contribution in [3.63, 3.8) is 0 Å². The van der Waals surface area contributed by atoms with E-state index in [1.165, 1.54) is 0 Å². The summed E-state index contributed by atoms with van der Waals surface area (Å²) in [6.45, 7) is 8.63. The summed E-state index contributed by atoms with van der Waals surface area (Å²) in [6.07, 6.45) is -3.81. The zero-order chi connectivity index (χ0) is 20.0. The SMILES string of the molecule is CCOc1ccc(N(CC)c2ncc(C(F)(F)F)c(OCC(C)C)n2)cc1. The fourth-order valence-electron chi connectivity index (χ4n) is 2.37. The van der Waals surface area contributed by atoms with Crippen molar-refractivity contribution >= 4 is 11.6 Å². The van der Waals surface area contributed by atoms with Gasteiger partial charge in [0, 0.05) is 18.4 Å². The number of alkyl halides is 3. The van der Waals surface area contributed by atoms with Crippen molar-refractivity contribution in [3.05, 3.63) is 36.0 Å². The Labute approximate surface area is 157 Å². The molecule has 0 saturated carbocycles. The van der Waals surface area contributed by atoms with Gasteiger partial charge in [-0.1, -0.05) is 13.8 Å². The molecule has 0 fully saturated rings. The van der Waals surface area contributed by atoms with E-state index in [1.807, 2.05) is 39.8 Å². The van der Waals surface area contributed by atoms with Crippen molar-refractivity contribution in [3.8, 4) is 11.6 Å². The van der Waals surface area contributed by atoms with E-state index in [1.54, 1.807) is 17.0 Å². The van der Waals surface area contributed by atoms with Crippen LogP contribution >= 0.6 is 0 Å². The molecule has 27 heavy (non-hydrogen) atoms. The molecule has 0 atom stereocenters. The maximum atomic E-state index is 13.2. The third-order valence-electron chi connectivity index (χ3n) is 3.62. The molecule has 8 heteroatoms. The Morgan fingerprint density at radius 1 is 1.07 bits per heavy atom. The molecule has 0 aliphatic carbocycles.